The Morgan fingerprint density at radius 2 is 1.12 bits per heavy atom. The van der Waals surface area contributed by atoms with E-state index in [0.717, 1.165) is 16.7 Å². The lowest BCUT2D eigenvalue weighted by atomic mass is 9.91. The van der Waals surface area contributed by atoms with Gasteiger partial charge >= 0.3 is 11.9 Å². The van der Waals surface area contributed by atoms with Gasteiger partial charge in [-0.25, -0.2) is 4.79 Å². The first-order chi connectivity index (χ1) is 15.7. The first kappa shape index (κ1) is 21.1. The summed E-state index contributed by atoms with van der Waals surface area (Å²) in [7, 11) is 0. The van der Waals surface area contributed by atoms with Crippen LogP contribution in [0.1, 0.15) is 33.0 Å². The van der Waals surface area contributed by atoms with Crippen molar-refractivity contribution in [1.82, 2.24) is 0 Å². The molecule has 0 fully saturated rings. The van der Waals surface area contributed by atoms with E-state index in [1.165, 1.54) is 0 Å². The first-order valence-corrected chi connectivity index (χ1v) is 10.3. The van der Waals surface area contributed by atoms with Crippen molar-refractivity contribution < 1.29 is 19.1 Å². The van der Waals surface area contributed by atoms with Gasteiger partial charge in [0, 0.05) is 0 Å². The maximum absolute atomic E-state index is 13.3. The van der Waals surface area contributed by atoms with Crippen LogP contribution in [0, 0.1) is 0 Å². The topological polar surface area (TPSA) is 52.6 Å². The molecule has 0 radical (unpaired) electrons. The molecule has 0 unspecified atom stereocenters. The van der Waals surface area contributed by atoms with Crippen LogP contribution in [-0.4, -0.2) is 11.9 Å². The lowest BCUT2D eigenvalue weighted by Crippen LogP contribution is -2.21. The molecule has 0 saturated carbocycles. The number of rotatable bonds is 7. The van der Waals surface area contributed by atoms with Crippen LogP contribution in [0.3, 0.4) is 0 Å². The molecule has 4 aromatic rings. The van der Waals surface area contributed by atoms with Crippen LogP contribution in [0.15, 0.2) is 115 Å². The predicted octanol–water partition coefficient (Wildman–Crippen LogP) is 5.78. The number of ether oxygens (including phenoxy) is 2. The third-order valence-corrected chi connectivity index (χ3v) is 5.03. The van der Waals surface area contributed by atoms with E-state index in [2.05, 4.69) is 0 Å². The Morgan fingerprint density at radius 1 is 0.625 bits per heavy atom. The molecule has 0 bridgehead atoms. The summed E-state index contributed by atoms with van der Waals surface area (Å²) in [6.07, 6.45) is 0. The Morgan fingerprint density at radius 3 is 1.72 bits per heavy atom. The molecule has 0 heterocycles. The van der Waals surface area contributed by atoms with E-state index in [9.17, 15) is 9.59 Å². The van der Waals surface area contributed by atoms with Gasteiger partial charge in [-0.05, 0) is 28.8 Å². The summed E-state index contributed by atoms with van der Waals surface area (Å²) in [6, 6.07) is 34.9. The molecule has 0 atom stereocenters. The maximum Gasteiger partial charge on any atom is 0.342 e. The molecule has 4 heteroatoms. The zero-order valence-corrected chi connectivity index (χ0v) is 17.4. The second-order valence-corrected chi connectivity index (χ2v) is 7.23. The van der Waals surface area contributed by atoms with Crippen molar-refractivity contribution >= 4 is 11.9 Å². The monoisotopic (exact) mass is 422 g/mol. The van der Waals surface area contributed by atoms with E-state index in [1.54, 1.807) is 24.3 Å². The summed E-state index contributed by atoms with van der Waals surface area (Å²) in [5, 5.41) is 0. The van der Waals surface area contributed by atoms with Crippen LogP contribution in [0.25, 0.3) is 0 Å². The van der Waals surface area contributed by atoms with Crippen LogP contribution in [0.4, 0.5) is 0 Å². The van der Waals surface area contributed by atoms with Gasteiger partial charge in [0.05, 0.1) is 0 Å². The molecule has 4 nitrogen and oxygen atoms in total. The third-order valence-electron chi connectivity index (χ3n) is 5.03. The Balaban J connectivity index is 1.56. The highest BCUT2D eigenvalue weighted by Crippen LogP contribution is 2.28. The van der Waals surface area contributed by atoms with E-state index in [-0.39, 0.29) is 17.9 Å². The van der Waals surface area contributed by atoms with E-state index in [4.69, 9.17) is 9.47 Å². The molecule has 4 aromatic carbocycles. The molecule has 4 rings (SSSR count). The summed E-state index contributed by atoms with van der Waals surface area (Å²) in [5.41, 5.74) is 2.71. The first-order valence-electron chi connectivity index (χ1n) is 10.3. The Kier molecular flexibility index (Phi) is 6.73. The molecule has 0 aromatic heterocycles. The van der Waals surface area contributed by atoms with Crippen LogP contribution in [0.2, 0.25) is 0 Å². The summed E-state index contributed by atoms with van der Waals surface area (Å²) in [4.78, 5) is 26.0. The molecule has 0 aliphatic carbocycles. The molecule has 0 N–H and O–H groups in total. The summed E-state index contributed by atoms with van der Waals surface area (Å²) in [6.45, 7) is 0.138. The summed E-state index contributed by atoms with van der Waals surface area (Å²) in [5.74, 6) is -1.46. The van der Waals surface area contributed by atoms with E-state index in [0.29, 0.717) is 0 Å². The standard InChI is InChI=1S/C28H22O4/c29-27(31-20-21-12-4-1-5-13-21)24-18-10-11-19-25(24)32-28(30)26(22-14-6-2-7-15-22)23-16-8-3-9-17-23/h1-19,26H,20H2. The van der Waals surface area contributed by atoms with Gasteiger partial charge in [0.2, 0.25) is 0 Å². The van der Waals surface area contributed by atoms with Crippen molar-refractivity contribution in [3.05, 3.63) is 138 Å². The van der Waals surface area contributed by atoms with Gasteiger partial charge in [-0.15, -0.1) is 0 Å². The highest BCUT2D eigenvalue weighted by molar-refractivity contribution is 5.94. The molecule has 0 spiro atoms. The lowest BCUT2D eigenvalue weighted by molar-refractivity contribution is -0.135. The number of hydrogen-bond donors (Lipinski definition) is 0. The summed E-state index contributed by atoms with van der Waals surface area (Å²) < 4.78 is 11.2. The van der Waals surface area contributed by atoms with Gasteiger partial charge in [-0.3, -0.25) is 4.79 Å². The molecule has 0 amide bonds. The summed E-state index contributed by atoms with van der Waals surface area (Å²) >= 11 is 0. The van der Waals surface area contributed by atoms with Crippen LogP contribution >= 0.6 is 0 Å². The van der Waals surface area contributed by atoms with Crippen molar-refractivity contribution in [1.29, 1.82) is 0 Å². The number of hydrogen-bond acceptors (Lipinski definition) is 4. The van der Waals surface area contributed by atoms with Gasteiger partial charge in [-0.1, -0.05) is 103 Å². The Labute approximate surface area is 187 Å². The van der Waals surface area contributed by atoms with Crippen molar-refractivity contribution in [2.45, 2.75) is 12.5 Å². The SMILES string of the molecule is O=C(OCc1ccccc1)c1ccccc1OC(=O)C(c1ccccc1)c1ccccc1. The largest absolute Gasteiger partial charge is 0.457 e. The Bertz CT molecular complexity index is 1130. The van der Waals surface area contributed by atoms with Crippen LogP contribution < -0.4 is 4.74 Å². The van der Waals surface area contributed by atoms with Crippen molar-refractivity contribution in [2.75, 3.05) is 0 Å². The Hall–Kier alpha value is -4.18. The van der Waals surface area contributed by atoms with Gasteiger partial charge in [0.1, 0.15) is 23.8 Å². The zero-order chi connectivity index (χ0) is 22.2. The zero-order valence-electron chi connectivity index (χ0n) is 17.4. The van der Waals surface area contributed by atoms with Gasteiger partial charge in [0.15, 0.2) is 0 Å². The number of para-hydroxylation sites is 1. The highest BCUT2D eigenvalue weighted by atomic mass is 16.5. The van der Waals surface area contributed by atoms with Crippen LogP contribution in [-0.2, 0) is 16.1 Å². The quantitative estimate of drug-likeness (QED) is 0.280. The molecule has 32 heavy (non-hydrogen) atoms. The fraction of sp³-hybridized carbons (Fsp3) is 0.0714. The highest BCUT2D eigenvalue weighted by Gasteiger charge is 2.26. The average molecular weight is 422 g/mol. The van der Waals surface area contributed by atoms with E-state index >= 15 is 0 Å². The molecule has 0 aliphatic heterocycles. The lowest BCUT2D eigenvalue weighted by Gasteiger charge is -2.18. The van der Waals surface area contributed by atoms with Crippen molar-refractivity contribution in [3.63, 3.8) is 0 Å². The number of carbonyl (C=O) groups is 2. The second-order valence-electron chi connectivity index (χ2n) is 7.23. The number of benzene rings is 4. The van der Waals surface area contributed by atoms with Crippen LogP contribution in [0.5, 0.6) is 5.75 Å². The molecule has 0 aliphatic rings. The second kappa shape index (κ2) is 10.2. The molecular weight excluding hydrogens is 400 g/mol. The molecular formula is C28H22O4. The fourth-order valence-electron chi connectivity index (χ4n) is 3.45. The normalized spacial score (nSPS) is 10.5. The van der Waals surface area contributed by atoms with Gasteiger partial charge in [0.25, 0.3) is 0 Å². The average Bonchev–Trinajstić information content (AvgIpc) is 2.85. The smallest absolute Gasteiger partial charge is 0.342 e. The third kappa shape index (κ3) is 5.10. The minimum Gasteiger partial charge on any atom is -0.457 e. The minimum atomic E-state index is -0.620. The van der Waals surface area contributed by atoms with Crippen molar-refractivity contribution in [3.8, 4) is 5.75 Å². The van der Waals surface area contributed by atoms with E-state index < -0.39 is 17.9 Å². The maximum atomic E-state index is 13.3. The van der Waals surface area contributed by atoms with E-state index in [1.807, 2.05) is 91.0 Å². The van der Waals surface area contributed by atoms with Gasteiger partial charge in [-0.2, -0.15) is 0 Å². The number of carbonyl (C=O) groups excluding carboxylic acids is 2. The fourth-order valence-corrected chi connectivity index (χ4v) is 3.45. The molecule has 0 saturated heterocycles. The molecule has 158 valence electrons. The minimum absolute atomic E-state index is 0.138. The predicted molar refractivity (Wildman–Crippen MR) is 122 cm³/mol. The number of esters is 2. The van der Waals surface area contributed by atoms with Gasteiger partial charge < -0.3 is 9.47 Å². The van der Waals surface area contributed by atoms with Crippen molar-refractivity contribution in [2.24, 2.45) is 0 Å².